The van der Waals surface area contributed by atoms with Gasteiger partial charge in [-0.25, -0.2) is 0 Å². The molecule has 24 heavy (non-hydrogen) atoms. The Morgan fingerprint density at radius 2 is 1.67 bits per heavy atom. The SMILES string of the molecule is C[C@]12CC[C@H](O)C[C@H]1CC[C@@H]1[C@@H]2CC[C@]2(C)C(C(=O)CO)CC[C@@H]12. The van der Waals surface area contributed by atoms with Crippen LogP contribution in [0.15, 0.2) is 0 Å². The fraction of sp³-hybridized carbons (Fsp3) is 0.952. The van der Waals surface area contributed by atoms with Gasteiger partial charge >= 0.3 is 0 Å². The van der Waals surface area contributed by atoms with Crippen molar-refractivity contribution in [3.63, 3.8) is 0 Å². The Morgan fingerprint density at radius 1 is 0.958 bits per heavy atom. The molecule has 0 aromatic rings. The van der Waals surface area contributed by atoms with Gasteiger partial charge in [0.25, 0.3) is 0 Å². The molecule has 4 rings (SSSR count). The minimum atomic E-state index is -0.279. The molecule has 3 nitrogen and oxygen atoms in total. The van der Waals surface area contributed by atoms with Crippen LogP contribution < -0.4 is 0 Å². The predicted octanol–water partition coefficient (Wildman–Crippen LogP) is 3.57. The van der Waals surface area contributed by atoms with E-state index in [1.54, 1.807) is 0 Å². The molecule has 4 aliphatic rings. The number of carbonyl (C=O) groups excluding carboxylic acids is 1. The highest BCUT2D eigenvalue weighted by Crippen LogP contribution is 2.67. The van der Waals surface area contributed by atoms with Crippen LogP contribution in [-0.4, -0.2) is 28.7 Å². The number of Topliss-reactive ketones (excluding diaryl/α,β-unsaturated/α-hetero) is 1. The number of ketones is 1. The summed E-state index contributed by atoms with van der Waals surface area (Å²) in [6.45, 7) is 4.57. The highest BCUT2D eigenvalue weighted by molar-refractivity contribution is 5.83. The van der Waals surface area contributed by atoms with Gasteiger partial charge in [0.1, 0.15) is 6.61 Å². The van der Waals surface area contributed by atoms with Gasteiger partial charge in [0, 0.05) is 5.92 Å². The second kappa shape index (κ2) is 5.81. The van der Waals surface area contributed by atoms with Crippen LogP contribution in [0.25, 0.3) is 0 Å². The summed E-state index contributed by atoms with van der Waals surface area (Å²) in [5.41, 5.74) is 0.529. The second-order valence-electron chi connectivity index (χ2n) is 9.88. The van der Waals surface area contributed by atoms with Gasteiger partial charge in [-0.15, -0.1) is 0 Å². The van der Waals surface area contributed by atoms with Crippen LogP contribution in [0.1, 0.15) is 71.6 Å². The van der Waals surface area contributed by atoms with E-state index in [2.05, 4.69) is 13.8 Å². The van der Waals surface area contributed by atoms with Crippen molar-refractivity contribution < 1.29 is 15.0 Å². The van der Waals surface area contributed by atoms with Crippen LogP contribution in [0.4, 0.5) is 0 Å². The number of aliphatic hydroxyl groups is 2. The van der Waals surface area contributed by atoms with Gasteiger partial charge in [0.2, 0.25) is 0 Å². The Balaban J connectivity index is 1.60. The molecule has 0 aliphatic heterocycles. The molecule has 4 aliphatic carbocycles. The van der Waals surface area contributed by atoms with Crippen molar-refractivity contribution in [2.45, 2.75) is 77.7 Å². The molecule has 0 heterocycles. The van der Waals surface area contributed by atoms with Crippen LogP contribution >= 0.6 is 0 Å². The maximum Gasteiger partial charge on any atom is 0.161 e. The molecule has 4 fully saturated rings. The molecule has 0 amide bonds. The van der Waals surface area contributed by atoms with Crippen LogP contribution in [0.2, 0.25) is 0 Å². The monoisotopic (exact) mass is 334 g/mol. The van der Waals surface area contributed by atoms with Crippen molar-refractivity contribution in [2.24, 2.45) is 40.4 Å². The maximum atomic E-state index is 12.3. The number of hydrogen-bond donors (Lipinski definition) is 2. The molecule has 4 saturated carbocycles. The first-order valence-electron chi connectivity index (χ1n) is 10.2. The summed E-state index contributed by atoms with van der Waals surface area (Å²) in [4.78, 5) is 12.3. The zero-order valence-corrected chi connectivity index (χ0v) is 15.3. The lowest BCUT2D eigenvalue weighted by atomic mass is 9.44. The third-order valence-electron chi connectivity index (χ3n) is 9.18. The molecule has 0 saturated heterocycles. The fourth-order valence-electron chi connectivity index (χ4n) is 7.87. The van der Waals surface area contributed by atoms with E-state index in [9.17, 15) is 15.0 Å². The van der Waals surface area contributed by atoms with Gasteiger partial charge in [-0.3, -0.25) is 4.79 Å². The van der Waals surface area contributed by atoms with Crippen molar-refractivity contribution in [3.05, 3.63) is 0 Å². The molecule has 2 N–H and O–H groups in total. The standard InChI is InChI=1S/C21H34O3/c1-20-9-7-14(23)11-13(20)3-4-15-16-5-6-18(19(24)12-22)21(16,2)10-8-17(15)20/h13-18,22-23H,3-12H2,1-2H3/t13-,14+,15+,16+,17+,18?,20+,21+/m1/s1. The Morgan fingerprint density at radius 3 is 2.42 bits per heavy atom. The molecule has 0 spiro atoms. The third kappa shape index (κ3) is 2.26. The van der Waals surface area contributed by atoms with Gasteiger partial charge in [-0.2, -0.15) is 0 Å². The van der Waals surface area contributed by atoms with E-state index in [1.807, 2.05) is 0 Å². The zero-order chi connectivity index (χ0) is 17.1. The first-order valence-corrected chi connectivity index (χ1v) is 10.2. The Labute approximate surface area is 146 Å². The summed E-state index contributed by atoms with van der Waals surface area (Å²) >= 11 is 0. The van der Waals surface area contributed by atoms with Crippen LogP contribution in [0.5, 0.6) is 0 Å². The molecule has 0 bridgehead atoms. The Hall–Kier alpha value is -0.410. The summed E-state index contributed by atoms with van der Waals surface area (Å²) in [5, 5.41) is 19.5. The maximum absolute atomic E-state index is 12.3. The summed E-state index contributed by atoms with van der Waals surface area (Å²) in [5.74, 6) is 3.08. The smallest absolute Gasteiger partial charge is 0.161 e. The summed E-state index contributed by atoms with van der Waals surface area (Å²) < 4.78 is 0. The normalized spacial score (nSPS) is 53.8. The second-order valence-corrected chi connectivity index (χ2v) is 9.88. The molecule has 1 unspecified atom stereocenters. The van der Waals surface area contributed by atoms with E-state index in [0.717, 1.165) is 37.5 Å². The van der Waals surface area contributed by atoms with Crippen molar-refractivity contribution in [1.29, 1.82) is 0 Å². The average Bonchev–Trinajstić information content (AvgIpc) is 2.92. The Bertz CT molecular complexity index is 517. The van der Waals surface area contributed by atoms with Gasteiger partial charge in [-0.05, 0) is 92.3 Å². The van der Waals surface area contributed by atoms with Crippen molar-refractivity contribution in [2.75, 3.05) is 6.61 Å². The van der Waals surface area contributed by atoms with E-state index < -0.39 is 0 Å². The van der Waals surface area contributed by atoms with Gasteiger partial charge in [-0.1, -0.05) is 13.8 Å². The predicted molar refractivity (Wildman–Crippen MR) is 93.3 cm³/mol. The molecule has 3 heteroatoms. The summed E-state index contributed by atoms with van der Waals surface area (Å²) in [6.07, 6.45) is 10.2. The molecule has 0 aromatic carbocycles. The van der Waals surface area contributed by atoms with E-state index in [-0.39, 0.29) is 29.8 Å². The quantitative estimate of drug-likeness (QED) is 0.812. The molecule has 136 valence electrons. The van der Waals surface area contributed by atoms with Crippen LogP contribution in [0, 0.1) is 40.4 Å². The fourth-order valence-corrected chi connectivity index (χ4v) is 7.87. The number of aliphatic hydroxyl groups excluding tert-OH is 2. The summed E-state index contributed by atoms with van der Waals surface area (Å²) in [6, 6.07) is 0. The molecule has 0 radical (unpaired) electrons. The van der Waals surface area contributed by atoms with E-state index in [0.29, 0.717) is 17.3 Å². The summed E-state index contributed by atoms with van der Waals surface area (Å²) in [7, 11) is 0. The lowest BCUT2D eigenvalue weighted by Gasteiger charge is -2.60. The first kappa shape index (κ1) is 17.0. The highest BCUT2D eigenvalue weighted by Gasteiger charge is 2.60. The van der Waals surface area contributed by atoms with E-state index >= 15 is 0 Å². The zero-order valence-electron chi connectivity index (χ0n) is 15.3. The topological polar surface area (TPSA) is 57.5 Å². The van der Waals surface area contributed by atoms with Gasteiger partial charge in [0.15, 0.2) is 5.78 Å². The lowest BCUT2D eigenvalue weighted by Crippen LogP contribution is -2.54. The van der Waals surface area contributed by atoms with Gasteiger partial charge in [0.05, 0.1) is 6.10 Å². The molecular formula is C21H34O3. The van der Waals surface area contributed by atoms with Crippen molar-refractivity contribution >= 4 is 5.78 Å². The molecule has 0 aromatic heterocycles. The van der Waals surface area contributed by atoms with E-state index in [4.69, 9.17) is 0 Å². The lowest BCUT2D eigenvalue weighted by molar-refractivity contribution is -0.141. The van der Waals surface area contributed by atoms with Crippen molar-refractivity contribution in [1.82, 2.24) is 0 Å². The highest BCUT2D eigenvalue weighted by atomic mass is 16.3. The van der Waals surface area contributed by atoms with Crippen LogP contribution in [0.3, 0.4) is 0 Å². The molecule has 8 atom stereocenters. The van der Waals surface area contributed by atoms with Crippen molar-refractivity contribution in [3.8, 4) is 0 Å². The average molecular weight is 335 g/mol. The number of carbonyl (C=O) groups is 1. The first-order chi connectivity index (χ1) is 11.4. The van der Waals surface area contributed by atoms with E-state index in [1.165, 1.54) is 32.1 Å². The largest absolute Gasteiger partial charge is 0.393 e. The third-order valence-corrected chi connectivity index (χ3v) is 9.18. The number of hydrogen-bond acceptors (Lipinski definition) is 3. The van der Waals surface area contributed by atoms with Crippen LogP contribution in [-0.2, 0) is 4.79 Å². The minimum Gasteiger partial charge on any atom is -0.393 e. The minimum absolute atomic E-state index is 0.0773. The number of fused-ring (bicyclic) bond motifs is 5. The Kier molecular flexibility index (Phi) is 4.12. The molecular weight excluding hydrogens is 300 g/mol. The number of rotatable bonds is 2. The van der Waals surface area contributed by atoms with Gasteiger partial charge < -0.3 is 10.2 Å².